The number of nitrogens with zero attached hydrogens (tertiary/aromatic N) is 2. The Balaban J connectivity index is 1.39. The lowest BCUT2D eigenvalue weighted by atomic mass is 9.99. The molecule has 1 N–H and O–H groups in total. The van der Waals surface area contributed by atoms with E-state index in [1.165, 1.54) is 11.3 Å². The van der Waals surface area contributed by atoms with E-state index < -0.39 is 0 Å². The summed E-state index contributed by atoms with van der Waals surface area (Å²) in [5, 5.41) is 3.10. The van der Waals surface area contributed by atoms with Crippen molar-refractivity contribution in [1.82, 2.24) is 10.2 Å². The maximum atomic E-state index is 12.6. The van der Waals surface area contributed by atoms with E-state index in [-0.39, 0.29) is 5.91 Å². The third kappa shape index (κ3) is 5.51. The second kappa shape index (κ2) is 9.79. The molecule has 0 radical (unpaired) electrons. The van der Waals surface area contributed by atoms with Crippen molar-refractivity contribution in [3.8, 4) is 5.75 Å². The van der Waals surface area contributed by atoms with Gasteiger partial charge in [0.2, 0.25) is 0 Å². The normalized spacial score (nSPS) is 14.7. The van der Waals surface area contributed by atoms with Crippen molar-refractivity contribution in [2.24, 2.45) is 0 Å². The molecule has 1 heterocycles. The van der Waals surface area contributed by atoms with Crippen molar-refractivity contribution in [2.75, 3.05) is 51.3 Å². The molecule has 1 aliphatic heterocycles. The summed E-state index contributed by atoms with van der Waals surface area (Å²) >= 11 is 0. The summed E-state index contributed by atoms with van der Waals surface area (Å²) in [5.74, 6) is 0.940. The fourth-order valence-electron chi connectivity index (χ4n) is 4.15. The molecule has 29 heavy (non-hydrogen) atoms. The Kier molecular flexibility index (Phi) is 7.15. The number of carbonyl (C=O) groups excluding carboxylic acids is 1. The minimum absolute atomic E-state index is 0.0457. The predicted octanol–water partition coefficient (Wildman–Crippen LogP) is 3.56. The molecule has 1 fully saturated rings. The molecule has 0 unspecified atom stereocenters. The van der Waals surface area contributed by atoms with Gasteiger partial charge < -0.3 is 15.0 Å². The van der Waals surface area contributed by atoms with Gasteiger partial charge in [-0.1, -0.05) is 17.7 Å². The second-order valence-corrected chi connectivity index (χ2v) is 7.91. The van der Waals surface area contributed by atoms with Crippen LogP contribution in [-0.4, -0.2) is 57.2 Å². The topological polar surface area (TPSA) is 44.8 Å². The van der Waals surface area contributed by atoms with E-state index in [2.05, 4.69) is 46.3 Å². The standard InChI is InChI=1S/C24H33N3O2/c1-18-16-19(2)23(20(3)17-18)24(28)25-10-5-11-26-12-14-27(15-13-26)21-6-8-22(29-4)9-7-21/h6-9,16-17H,5,10-15H2,1-4H3,(H,25,28). The number of rotatable bonds is 7. The molecule has 0 saturated carbocycles. The summed E-state index contributed by atoms with van der Waals surface area (Å²) in [6.45, 7) is 12.0. The van der Waals surface area contributed by atoms with Crippen molar-refractivity contribution < 1.29 is 9.53 Å². The van der Waals surface area contributed by atoms with Gasteiger partial charge in [0.15, 0.2) is 0 Å². The molecule has 0 aromatic heterocycles. The number of piperazine rings is 1. The first-order chi connectivity index (χ1) is 14.0. The second-order valence-electron chi connectivity index (χ2n) is 7.91. The summed E-state index contributed by atoms with van der Waals surface area (Å²) in [6.07, 6.45) is 0.970. The van der Waals surface area contributed by atoms with Gasteiger partial charge in [0.05, 0.1) is 7.11 Å². The van der Waals surface area contributed by atoms with Gasteiger partial charge in [-0.25, -0.2) is 0 Å². The molecule has 3 rings (SSSR count). The largest absolute Gasteiger partial charge is 0.497 e. The number of benzene rings is 2. The monoisotopic (exact) mass is 395 g/mol. The van der Waals surface area contributed by atoms with E-state index in [4.69, 9.17) is 4.74 Å². The van der Waals surface area contributed by atoms with Crippen LogP contribution in [0.2, 0.25) is 0 Å². The Bertz CT molecular complexity index is 802. The number of ether oxygens (including phenoxy) is 1. The SMILES string of the molecule is COc1ccc(N2CCN(CCCNC(=O)c3c(C)cc(C)cc3C)CC2)cc1. The molecule has 1 saturated heterocycles. The number of methoxy groups -OCH3 is 1. The molecular weight excluding hydrogens is 362 g/mol. The summed E-state index contributed by atoms with van der Waals surface area (Å²) in [4.78, 5) is 17.5. The number of aryl methyl sites for hydroxylation is 3. The van der Waals surface area contributed by atoms with Gasteiger partial charge in [0.1, 0.15) is 5.75 Å². The first kappa shape index (κ1) is 21.2. The van der Waals surface area contributed by atoms with Crippen molar-refractivity contribution in [2.45, 2.75) is 27.2 Å². The van der Waals surface area contributed by atoms with Gasteiger partial charge in [-0.3, -0.25) is 9.69 Å². The van der Waals surface area contributed by atoms with E-state index in [0.717, 1.165) is 61.6 Å². The van der Waals surface area contributed by atoms with E-state index in [9.17, 15) is 4.79 Å². The Labute approximate surface area is 174 Å². The highest BCUT2D eigenvalue weighted by atomic mass is 16.5. The fourth-order valence-corrected chi connectivity index (χ4v) is 4.15. The Morgan fingerprint density at radius 3 is 2.21 bits per heavy atom. The number of anilines is 1. The van der Waals surface area contributed by atoms with Crippen LogP contribution in [0.3, 0.4) is 0 Å². The summed E-state index contributed by atoms with van der Waals surface area (Å²) in [7, 11) is 1.69. The molecule has 0 spiro atoms. The third-order valence-electron chi connectivity index (χ3n) is 5.65. The third-order valence-corrected chi connectivity index (χ3v) is 5.65. The number of hydrogen-bond acceptors (Lipinski definition) is 4. The molecule has 5 heteroatoms. The number of amides is 1. The van der Waals surface area contributed by atoms with E-state index >= 15 is 0 Å². The molecule has 156 valence electrons. The van der Waals surface area contributed by atoms with Crippen LogP contribution in [-0.2, 0) is 0 Å². The van der Waals surface area contributed by atoms with Gasteiger partial charge in [-0.15, -0.1) is 0 Å². The van der Waals surface area contributed by atoms with Gasteiger partial charge in [-0.2, -0.15) is 0 Å². The van der Waals surface area contributed by atoms with Crippen LogP contribution in [0.25, 0.3) is 0 Å². The summed E-state index contributed by atoms with van der Waals surface area (Å²) in [5.41, 5.74) is 5.37. The van der Waals surface area contributed by atoms with Crippen molar-refractivity contribution in [3.63, 3.8) is 0 Å². The maximum Gasteiger partial charge on any atom is 0.251 e. The highest BCUT2D eigenvalue weighted by Gasteiger charge is 2.17. The Morgan fingerprint density at radius 2 is 1.62 bits per heavy atom. The van der Waals surface area contributed by atoms with Crippen LogP contribution >= 0.6 is 0 Å². The highest BCUT2D eigenvalue weighted by molar-refractivity contribution is 5.97. The lowest BCUT2D eigenvalue weighted by Gasteiger charge is -2.36. The van der Waals surface area contributed by atoms with Crippen LogP contribution < -0.4 is 15.0 Å². The first-order valence-corrected chi connectivity index (χ1v) is 10.5. The van der Waals surface area contributed by atoms with Gasteiger partial charge in [-0.05, 0) is 69.1 Å². The maximum absolute atomic E-state index is 12.6. The summed E-state index contributed by atoms with van der Waals surface area (Å²) in [6, 6.07) is 12.4. The van der Waals surface area contributed by atoms with Crippen LogP contribution in [0.5, 0.6) is 5.75 Å². The summed E-state index contributed by atoms with van der Waals surface area (Å²) < 4.78 is 5.23. The van der Waals surface area contributed by atoms with Crippen molar-refractivity contribution in [1.29, 1.82) is 0 Å². The molecule has 2 aromatic rings. The molecule has 5 nitrogen and oxygen atoms in total. The van der Waals surface area contributed by atoms with Crippen LogP contribution in [0.1, 0.15) is 33.5 Å². The average molecular weight is 396 g/mol. The highest BCUT2D eigenvalue weighted by Crippen LogP contribution is 2.20. The molecule has 0 aliphatic carbocycles. The zero-order valence-electron chi connectivity index (χ0n) is 18.1. The molecule has 0 atom stereocenters. The lowest BCUT2D eigenvalue weighted by Crippen LogP contribution is -2.47. The number of carbonyl (C=O) groups is 1. The average Bonchev–Trinajstić information content (AvgIpc) is 2.71. The minimum atomic E-state index is 0.0457. The van der Waals surface area contributed by atoms with E-state index in [1.54, 1.807) is 7.11 Å². The zero-order valence-corrected chi connectivity index (χ0v) is 18.1. The van der Waals surface area contributed by atoms with Gasteiger partial charge >= 0.3 is 0 Å². The quantitative estimate of drug-likeness (QED) is 0.728. The first-order valence-electron chi connectivity index (χ1n) is 10.5. The molecule has 1 aliphatic rings. The predicted molar refractivity (Wildman–Crippen MR) is 119 cm³/mol. The number of nitrogens with one attached hydrogen (secondary N) is 1. The van der Waals surface area contributed by atoms with Crippen molar-refractivity contribution >= 4 is 11.6 Å². The molecule has 2 aromatic carbocycles. The van der Waals surface area contributed by atoms with E-state index in [1.807, 2.05) is 26.0 Å². The Morgan fingerprint density at radius 1 is 1.00 bits per heavy atom. The van der Waals surface area contributed by atoms with Crippen molar-refractivity contribution in [3.05, 3.63) is 58.7 Å². The van der Waals surface area contributed by atoms with Crippen LogP contribution in [0, 0.1) is 20.8 Å². The fraction of sp³-hybridized carbons (Fsp3) is 0.458. The van der Waals surface area contributed by atoms with Crippen LogP contribution in [0.4, 0.5) is 5.69 Å². The zero-order chi connectivity index (χ0) is 20.8. The number of hydrogen-bond donors (Lipinski definition) is 1. The molecule has 1 amide bonds. The van der Waals surface area contributed by atoms with Gasteiger partial charge in [0.25, 0.3) is 5.91 Å². The Hall–Kier alpha value is -2.53. The molecule has 0 bridgehead atoms. The van der Waals surface area contributed by atoms with Crippen LogP contribution in [0.15, 0.2) is 36.4 Å². The van der Waals surface area contributed by atoms with Gasteiger partial charge in [0, 0.05) is 44.0 Å². The minimum Gasteiger partial charge on any atom is -0.497 e. The smallest absolute Gasteiger partial charge is 0.251 e. The lowest BCUT2D eigenvalue weighted by molar-refractivity contribution is 0.0950. The molecular formula is C24H33N3O2. The van der Waals surface area contributed by atoms with E-state index in [0.29, 0.717) is 6.54 Å².